The van der Waals surface area contributed by atoms with E-state index in [2.05, 4.69) is 39.1 Å². The number of carbonyl (C=O) groups excluding carboxylic acids is 1. The molecule has 152 valence electrons. The molecule has 1 aliphatic carbocycles. The molecule has 1 aliphatic rings. The monoisotopic (exact) mass is 386 g/mol. The largest absolute Gasteiger partial charge is 0.373 e. The molecular weight excluding hydrogens is 356 g/mol. The zero-order valence-corrected chi connectivity index (χ0v) is 16.9. The topological polar surface area (TPSA) is 110 Å². The van der Waals surface area contributed by atoms with Crippen molar-refractivity contribution in [3.8, 4) is 0 Å². The number of nitrogens with two attached hydrogens (primary N) is 1. The molecule has 0 bridgehead atoms. The molecule has 0 aromatic carbocycles. The van der Waals surface area contributed by atoms with Crippen LogP contribution in [0.1, 0.15) is 54.9 Å². The van der Waals surface area contributed by atoms with E-state index in [0.29, 0.717) is 5.92 Å². The molecule has 3 rings (SSSR count). The van der Waals surface area contributed by atoms with E-state index in [9.17, 15) is 4.79 Å². The van der Waals surface area contributed by atoms with Gasteiger partial charge in [0.1, 0.15) is 5.69 Å². The van der Waals surface area contributed by atoms with Crippen molar-refractivity contribution in [1.29, 1.82) is 0 Å². The predicted molar refractivity (Wildman–Crippen MR) is 105 cm³/mol. The molecule has 1 saturated carbocycles. The van der Waals surface area contributed by atoms with Gasteiger partial charge >= 0.3 is 0 Å². The summed E-state index contributed by atoms with van der Waals surface area (Å²) >= 11 is 0. The van der Waals surface area contributed by atoms with E-state index in [1.807, 2.05) is 6.07 Å². The number of rotatable bonds is 8. The van der Waals surface area contributed by atoms with Gasteiger partial charge in [-0.1, -0.05) is 20.3 Å². The fraction of sp³-hybridized carbons (Fsp3) is 0.600. The first kappa shape index (κ1) is 20.4. The van der Waals surface area contributed by atoms with Gasteiger partial charge in [-0.2, -0.15) is 15.4 Å². The van der Waals surface area contributed by atoms with Crippen LogP contribution in [0.4, 0.5) is 0 Å². The third-order valence-electron chi connectivity index (χ3n) is 6.11. The molecule has 2 aromatic rings. The predicted octanol–water partition coefficient (Wildman–Crippen LogP) is 2.10. The lowest BCUT2D eigenvalue weighted by atomic mass is 9.65. The van der Waals surface area contributed by atoms with Gasteiger partial charge in [-0.25, -0.2) is 0 Å². The molecule has 3 N–H and O–H groups in total. The lowest BCUT2D eigenvalue weighted by molar-refractivity contribution is -0.133. The smallest absolute Gasteiger partial charge is 0.267 e. The van der Waals surface area contributed by atoms with Gasteiger partial charge in [0, 0.05) is 32.3 Å². The first-order chi connectivity index (χ1) is 13.5. The highest BCUT2D eigenvalue weighted by atomic mass is 16.5. The maximum absolute atomic E-state index is 11.7. The van der Waals surface area contributed by atoms with Crippen LogP contribution in [0, 0.1) is 11.8 Å². The van der Waals surface area contributed by atoms with Crippen LogP contribution in [-0.2, 0) is 16.9 Å². The average Bonchev–Trinajstić information content (AvgIpc) is 3.21. The summed E-state index contributed by atoms with van der Waals surface area (Å²) in [4.78, 5) is 18.2. The minimum Gasteiger partial charge on any atom is -0.373 e. The Morgan fingerprint density at radius 3 is 2.93 bits per heavy atom. The Kier molecular flexibility index (Phi) is 6.41. The first-order valence-electron chi connectivity index (χ1n) is 9.89. The molecule has 28 heavy (non-hydrogen) atoms. The highest BCUT2D eigenvalue weighted by molar-refractivity contribution is 5.90. The number of hydrogen-bond acceptors (Lipinski definition) is 6. The number of hydrogen-bond donors (Lipinski definition) is 2. The molecule has 8 heteroatoms. The van der Waals surface area contributed by atoms with E-state index in [0.717, 1.165) is 50.2 Å². The SMILES string of the molecule is CCN(Cc1cn[nH]n1)CC1CCCC(C)C1(OC)c1ccnc(C(N)=O)c1. The normalized spacial score (nSPS) is 25.1. The third kappa shape index (κ3) is 3.93. The summed E-state index contributed by atoms with van der Waals surface area (Å²) < 4.78 is 6.26. The Morgan fingerprint density at radius 2 is 2.29 bits per heavy atom. The van der Waals surface area contributed by atoms with Gasteiger partial charge in [0.05, 0.1) is 17.5 Å². The minimum absolute atomic E-state index is 0.274. The number of aromatic amines is 1. The second-order valence-electron chi connectivity index (χ2n) is 7.61. The van der Waals surface area contributed by atoms with Gasteiger partial charge < -0.3 is 10.5 Å². The molecule has 0 aliphatic heterocycles. The van der Waals surface area contributed by atoms with Crippen molar-refractivity contribution in [2.24, 2.45) is 17.6 Å². The van der Waals surface area contributed by atoms with E-state index in [1.165, 1.54) is 0 Å². The van der Waals surface area contributed by atoms with E-state index in [4.69, 9.17) is 10.5 Å². The zero-order chi connectivity index (χ0) is 20.1. The van der Waals surface area contributed by atoms with Gasteiger partial charge in [0.2, 0.25) is 0 Å². The van der Waals surface area contributed by atoms with E-state index >= 15 is 0 Å². The fourth-order valence-electron chi connectivity index (χ4n) is 4.69. The summed E-state index contributed by atoms with van der Waals surface area (Å²) in [6.07, 6.45) is 6.71. The highest BCUT2D eigenvalue weighted by Gasteiger charge is 2.48. The van der Waals surface area contributed by atoms with Crippen molar-refractivity contribution < 1.29 is 9.53 Å². The molecule has 1 fully saturated rings. The molecule has 8 nitrogen and oxygen atoms in total. The maximum atomic E-state index is 11.7. The summed E-state index contributed by atoms with van der Waals surface area (Å²) in [6, 6.07) is 3.76. The summed E-state index contributed by atoms with van der Waals surface area (Å²) in [5.74, 6) is 0.0655. The number of ether oxygens (including phenoxy) is 1. The number of nitrogens with one attached hydrogen (secondary N) is 1. The van der Waals surface area contributed by atoms with Crippen LogP contribution >= 0.6 is 0 Å². The highest BCUT2D eigenvalue weighted by Crippen LogP contribution is 2.48. The summed E-state index contributed by atoms with van der Waals surface area (Å²) in [5, 5.41) is 10.8. The molecule has 3 unspecified atom stereocenters. The molecule has 2 heterocycles. The lowest BCUT2D eigenvalue weighted by Gasteiger charge is -2.49. The Labute approximate surface area is 165 Å². The van der Waals surface area contributed by atoms with Crippen molar-refractivity contribution >= 4 is 5.91 Å². The fourth-order valence-corrected chi connectivity index (χ4v) is 4.69. The number of aromatic nitrogens is 4. The first-order valence-corrected chi connectivity index (χ1v) is 9.89. The Hall–Kier alpha value is -2.32. The van der Waals surface area contributed by atoms with Crippen molar-refractivity contribution in [3.05, 3.63) is 41.5 Å². The molecular formula is C20H30N6O2. The van der Waals surface area contributed by atoms with Crippen LogP contribution in [0.2, 0.25) is 0 Å². The molecule has 0 saturated heterocycles. The minimum atomic E-state index is -0.519. The quantitative estimate of drug-likeness (QED) is 0.719. The molecule has 0 spiro atoms. The van der Waals surface area contributed by atoms with Crippen LogP contribution < -0.4 is 5.73 Å². The van der Waals surface area contributed by atoms with Gasteiger partial charge in [-0.3, -0.25) is 14.7 Å². The number of methoxy groups -OCH3 is 1. The van der Waals surface area contributed by atoms with Crippen molar-refractivity contribution in [2.45, 2.75) is 45.3 Å². The van der Waals surface area contributed by atoms with Crippen LogP contribution in [0.15, 0.2) is 24.5 Å². The number of primary amides is 1. The molecule has 0 radical (unpaired) electrons. The number of carbonyl (C=O) groups is 1. The van der Waals surface area contributed by atoms with Crippen molar-refractivity contribution in [1.82, 2.24) is 25.3 Å². The standard InChI is InChI=1S/C20H30N6O2/c1-4-26(13-17-11-23-25-24-17)12-16-7-5-6-14(2)20(16,28-3)15-8-9-22-18(10-15)19(21)27/h8-11,14,16H,4-7,12-13H2,1-3H3,(H2,21,27)(H,23,24,25). The van der Waals surface area contributed by atoms with Crippen molar-refractivity contribution in [3.63, 3.8) is 0 Å². The second-order valence-corrected chi connectivity index (χ2v) is 7.61. The summed E-state index contributed by atoms with van der Waals surface area (Å²) in [5.41, 5.74) is 7.18. The van der Waals surface area contributed by atoms with E-state index in [1.54, 1.807) is 25.6 Å². The Bertz CT molecular complexity index is 781. The Morgan fingerprint density at radius 1 is 1.46 bits per heavy atom. The maximum Gasteiger partial charge on any atom is 0.267 e. The zero-order valence-electron chi connectivity index (χ0n) is 16.9. The number of pyridine rings is 1. The Balaban J connectivity index is 1.93. The molecule has 3 atom stereocenters. The number of H-pyrrole nitrogens is 1. The van der Waals surface area contributed by atoms with Crippen molar-refractivity contribution in [2.75, 3.05) is 20.2 Å². The average molecular weight is 387 g/mol. The number of nitrogens with zero attached hydrogens (tertiary/aromatic N) is 4. The van der Waals surface area contributed by atoms with Gasteiger partial charge in [0.15, 0.2) is 0 Å². The van der Waals surface area contributed by atoms with E-state index in [-0.39, 0.29) is 11.6 Å². The second kappa shape index (κ2) is 8.79. The molecule has 1 amide bonds. The van der Waals surface area contributed by atoms with Gasteiger partial charge in [-0.15, -0.1) is 0 Å². The van der Waals surface area contributed by atoms with Crippen LogP contribution in [-0.4, -0.2) is 51.4 Å². The summed E-state index contributed by atoms with van der Waals surface area (Å²) in [7, 11) is 1.77. The van der Waals surface area contributed by atoms with Gasteiger partial charge in [-0.05, 0) is 43.0 Å². The van der Waals surface area contributed by atoms with Crippen LogP contribution in [0.3, 0.4) is 0 Å². The lowest BCUT2D eigenvalue weighted by Crippen LogP contribution is -2.50. The third-order valence-corrected chi connectivity index (χ3v) is 6.11. The molecule has 2 aromatic heterocycles. The van der Waals surface area contributed by atoms with Crippen LogP contribution in [0.5, 0.6) is 0 Å². The van der Waals surface area contributed by atoms with Gasteiger partial charge in [0.25, 0.3) is 5.91 Å². The summed E-state index contributed by atoms with van der Waals surface area (Å²) in [6.45, 7) is 6.89. The van der Waals surface area contributed by atoms with E-state index < -0.39 is 11.5 Å². The van der Waals surface area contributed by atoms with Crippen LogP contribution in [0.25, 0.3) is 0 Å². The number of amides is 1.